The molecule has 1 fully saturated rings. The van der Waals surface area contributed by atoms with Crippen molar-refractivity contribution in [2.75, 3.05) is 26.8 Å². The smallest absolute Gasteiger partial charge is 0.336 e. The summed E-state index contributed by atoms with van der Waals surface area (Å²) in [4.78, 5) is 13.5. The van der Waals surface area contributed by atoms with Crippen molar-refractivity contribution in [1.82, 2.24) is 15.1 Å². The monoisotopic (exact) mass is 293 g/mol. The number of carbonyl (C=O) groups excluding carboxylic acids is 1. The summed E-state index contributed by atoms with van der Waals surface area (Å²) >= 11 is 0. The van der Waals surface area contributed by atoms with Crippen molar-refractivity contribution in [3.63, 3.8) is 0 Å². The molecule has 0 saturated carbocycles. The largest absolute Gasteiger partial charge is 0.467 e. The molecule has 1 saturated heterocycles. The molecule has 21 heavy (non-hydrogen) atoms. The Hall–Kier alpha value is -2.19. The first-order chi connectivity index (χ1) is 10.3. The zero-order valence-electron chi connectivity index (χ0n) is 11.5. The van der Waals surface area contributed by atoms with Gasteiger partial charge in [-0.05, 0) is 12.1 Å². The van der Waals surface area contributed by atoms with Gasteiger partial charge in [-0.3, -0.25) is 4.90 Å². The van der Waals surface area contributed by atoms with Crippen molar-refractivity contribution < 1.29 is 23.1 Å². The molecule has 8 nitrogen and oxygen atoms in total. The van der Waals surface area contributed by atoms with Gasteiger partial charge in [0.25, 0.3) is 5.89 Å². The van der Waals surface area contributed by atoms with Gasteiger partial charge in [0.1, 0.15) is 0 Å². The van der Waals surface area contributed by atoms with Crippen LogP contribution in [0.5, 0.6) is 0 Å². The highest BCUT2D eigenvalue weighted by Crippen LogP contribution is 2.19. The van der Waals surface area contributed by atoms with E-state index in [4.69, 9.17) is 13.6 Å². The molecule has 1 aliphatic rings. The van der Waals surface area contributed by atoms with Crippen LogP contribution in [0.15, 0.2) is 27.2 Å². The molecular formula is C13H15N3O5. The minimum Gasteiger partial charge on any atom is -0.467 e. The molecule has 0 spiro atoms. The molecule has 0 bridgehead atoms. The zero-order chi connectivity index (χ0) is 14.7. The van der Waals surface area contributed by atoms with Crippen LogP contribution < -0.4 is 0 Å². The lowest BCUT2D eigenvalue weighted by molar-refractivity contribution is -0.160. The molecule has 0 aliphatic carbocycles. The number of ether oxygens (including phenoxy) is 2. The van der Waals surface area contributed by atoms with Crippen molar-refractivity contribution in [2.24, 2.45) is 0 Å². The number of esters is 1. The fourth-order valence-electron chi connectivity index (χ4n) is 2.13. The number of rotatable bonds is 4. The van der Waals surface area contributed by atoms with Gasteiger partial charge in [-0.25, -0.2) is 4.79 Å². The van der Waals surface area contributed by atoms with Gasteiger partial charge < -0.3 is 18.3 Å². The maximum absolute atomic E-state index is 11.5. The molecule has 1 aliphatic heterocycles. The fraction of sp³-hybridized carbons (Fsp3) is 0.462. The van der Waals surface area contributed by atoms with Crippen molar-refractivity contribution in [1.29, 1.82) is 0 Å². The van der Waals surface area contributed by atoms with E-state index in [9.17, 15) is 4.79 Å². The van der Waals surface area contributed by atoms with Gasteiger partial charge in [0, 0.05) is 13.1 Å². The van der Waals surface area contributed by atoms with E-state index in [0.29, 0.717) is 43.8 Å². The molecule has 1 unspecified atom stereocenters. The van der Waals surface area contributed by atoms with Gasteiger partial charge in [-0.15, -0.1) is 10.2 Å². The van der Waals surface area contributed by atoms with E-state index in [1.807, 2.05) is 4.90 Å². The van der Waals surface area contributed by atoms with Crippen molar-refractivity contribution in [2.45, 2.75) is 12.6 Å². The van der Waals surface area contributed by atoms with Crippen LogP contribution in [0.25, 0.3) is 11.7 Å². The molecular weight excluding hydrogens is 278 g/mol. The van der Waals surface area contributed by atoms with Crippen molar-refractivity contribution >= 4 is 5.97 Å². The molecule has 2 aromatic heterocycles. The number of hydrogen-bond donors (Lipinski definition) is 0. The fourth-order valence-corrected chi connectivity index (χ4v) is 2.13. The highest BCUT2D eigenvalue weighted by atomic mass is 16.6. The maximum atomic E-state index is 11.5. The van der Waals surface area contributed by atoms with Crippen molar-refractivity contribution in [3.05, 3.63) is 24.3 Å². The van der Waals surface area contributed by atoms with Crippen molar-refractivity contribution in [3.8, 4) is 11.7 Å². The topological polar surface area (TPSA) is 90.8 Å². The quantitative estimate of drug-likeness (QED) is 0.761. The highest BCUT2D eigenvalue weighted by Gasteiger charge is 2.28. The second kappa shape index (κ2) is 6.06. The van der Waals surface area contributed by atoms with Crippen LogP contribution in [-0.4, -0.2) is 54.0 Å². The van der Waals surface area contributed by atoms with E-state index >= 15 is 0 Å². The number of carbonyl (C=O) groups is 1. The molecule has 1 atom stereocenters. The first-order valence-electron chi connectivity index (χ1n) is 6.54. The summed E-state index contributed by atoms with van der Waals surface area (Å²) in [6.45, 7) is 2.03. The minimum absolute atomic E-state index is 0.341. The van der Waals surface area contributed by atoms with E-state index in [0.717, 1.165) is 0 Å². The number of furan rings is 1. The lowest BCUT2D eigenvalue weighted by atomic mass is 10.2. The number of hydrogen-bond acceptors (Lipinski definition) is 8. The molecule has 2 aromatic rings. The normalized spacial score (nSPS) is 19.6. The van der Waals surface area contributed by atoms with Crippen LogP contribution in [0.3, 0.4) is 0 Å². The van der Waals surface area contributed by atoms with Crippen LogP contribution in [0, 0.1) is 0 Å². The molecule has 3 rings (SSSR count). The second-order valence-corrected chi connectivity index (χ2v) is 4.60. The summed E-state index contributed by atoms with van der Waals surface area (Å²) in [6.07, 6.45) is 0.971. The zero-order valence-corrected chi connectivity index (χ0v) is 11.5. The Morgan fingerprint density at radius 2 is 2.43 bits per heavy atom. The first-order valence-corrected chi connectivity index (χ1v) is 6.54. The Morgan fingerprint density at radius 3 is 3.19 bits per heavy atom. The Bertz CT molecular complexity index is 595. The molecule has 0 radical (unpaired) electrons. The highest BCUT2D eigenvalue weighted by molar-refractivity contribution is 5.74. The van der Waals surface area contributed by atoms with E-state index in [1.54, 1.807) is 18.4 Å². The Morgan fingerprint density at radius 1 is 1.52 bits per heavy atom. The average molecular weight is 293 g/mol. The number of methoxy groups -OCH3 is 1. The predicted octanol–water partition coefficient (Wildman–Crippen LogP) is 0.703. The lowest BCUT2D eigenvalue weighted by Gasteiger charge is -2.30. The van der Waals surface area contributed by atoms with E-state index < -0.39 is 6.10 Å². The van der Waals surface area contributed by atoms with Gasteiger partial charge in [0.2, 0.25) is 5.89 Å². The lowest BCUT2D eigenvalue weighted by Crippen LogP contribution is -2.46. The van der Waals surface area contributed by atoms with Gasteiger partial charge in [0.05, 0.1) is 26.5 Å². The van der Waals surface area contributed by atoms with Gasteiger partial charge in [0.15, 0.2) is 11.9 Å². The minimum atomic E-state index is -0.573. The summed E-state index contributed by atoms with van der Waals surface area (Å²) in [7, 11) is 1.35. The summed E-state index contributed by atoms with van der Waals surface area (Å²) < 4.78 is 20.8. The third-order valence-electron chi connectivity index (χ3n) is 3.17. The van der Waals surface area contributed by atoms with Gasteiger partial charge in [-0.1, -0.05) is 0 Å². The van der Waals surface area contributed by atoms with Gasteiger partial charge in [-0.2, -0.15) is 0 Å². The molecule has 0 amide bonds. The molecule has 8 heteroatoms. The summed E-state index contributed by atoms with van der Waals surface area (Å²) in [5.74, 6) is 0.962. The summed E-state index contributed by atoms with van der Waals surface area (Å²) in [6, 6.07) is 3.50. The van der Waals surface area contributed by atoms with Crippen LogP contribution in [0.1, 0.15) is 5.89 Å². The van der Waals surface area contributed by atoms with Gasteiger partial charge >= 0.3 is 5.97 Å². The molecule has 112 valence electrons. The average Bonchev–Trinajstić information content (AvgIpc) is 3.17. The summed E-state index contributed by atoms with van der Waals surface area (Å²) in [5, 5.41) is 7.92. The third-order valence-corrected chi connectivity index (χ3v) is 3.17. The van der Waals surface area contributed by atoms with E-state index in [-0.39, 0.29) is 5.97 Å². The Balaban J connectivity index is 1.62. The molecule has 0 N–H and O–H groups in total. The molecule has 3 heterocycles. The Labute approximate surface area is 120 Å². The standard InChI is InChI=1S/C13H15N3O5/c1-18-13(17)10-7-16(4-6-20-10)8-11-14-15-12(21-11)9-3-2-5-19-9/h2-3,5,10H,4,6-8H2,1H3. The Kier molecular flexibility index (Phi) is 3.98. The first kappa shape index (κ1) is 13.8. The summed E-state index contributed by atoms with van der Waals surface area (Å²) in [5.41, 5.74) is 0. The van der Waals surface area contributed by atoms with Crippen LogP contribution in [0.4, 0.5) is 0 Å². The number of morpholine rings is 1. The van der Waals surface area contributed by atoms with Crippen LogP contribution >= 0.6 is 0 Å². The number of aromatic nitrogens is 2. The second-order valence-electron chi connectivity index (χ2n) is 4.60. The third kappa shape index (κ3) is 3.11. The van der Waals surface area contributed by atoms with E-state index in [2.05, 4.69) is 14.9 Å². The van der Waals surface area contributed by atoms with E-state index in [1.165, 1.54) is 7.11 Å². The maximum Gasteiger partial charge on any atom is 0.336 e. The predicted molar refractivity (Wildman–Crippen MR) is 69.0 cm³/mol. The van der Waals surface area contributed by atoms with Crippen LogP contribution in [0.2, 0.25) is 0 Å². The van der Waals surface area contributed by atoms with Crippen LogP contribution in [-0.2, 0) is 20.8 Å². The number of nitrogens with zero attached hydrogens (tertiary/aromatic N) is 3. The SMILES string of the molecule is COC(=O)C1CN(Cc2nnc(-c3ccco3)o2)CCO1. The molecule has 0 aromatic carbocycles.